The largest absolute Gasteiger partial charge is 0.469 e. The summed E-state index contributed by atoms with van der Waals surface area (Å²) in [6.07, 6.45) is 0. The second-order valence-electron chi connectivity index (χ2n) is 3.90. The van der Waals surface area contributed by atoms with Gasteiger partial charge < -0.3 is 14.8 Å². The average molecular weight is 279 g/mol. The van der Waals surface area contributed by atoms with Gasteiger partial charge in [0.1, 0.15) is 5.25 Å². The maximum atomic E-state index is 11.9. The summed E-state index contributed by atoms with van der Waals surface area (Å²) >= 11 is 0. The van der Waals surface area contributed by atoms with E-state index in [4.69, 9.17) is 4.74 Å². The van der Waals surface area contributed by atoms with E-state index in [1.54, 1.807) is 13.8 Å². The van der Waals surface area contributed by atoms with Crippen LogP contribution >= 0.6 is 0 Å². The predicted octanol–water partition coefficient (Wildman–Crippen LogP) is -0.305. The first kappa shape index (κ1) is 17.1. The zero-order valence-corrected chi connectivity index (χ0v) is 12.0. The number of nitrogens with one attached hydrogen (secondary N) is 1. The molecule has 0 aliphatic carbocycles. The molecule has 0 heterocycles. The minimum Gasteiger partial charge on any atom is -0.469 e. The van der Waals surface area contributed by atoms with Gasteiger partial charge in [-0.3, -0.25) is 13.8 Å². The SMILES string of the molecule is COCCNC(=O)C(C)S(=O)CC(C)C(=O)OC. The molecular weight excluding hydrogens is 258 g/mol. The third-order valence-electron chi connectivity index (χ3n) is 2.39. The molecule has 6 nitrogen and oxygen atoms in total. The molecule has 18 heavy (non-hydrogen) atoms. The summed E-state index contributed by atoms with van der Waals surface area (Å²) in [5.74, 6) is -1.09. The van der Waals surface area contributed by atoms with Gasteiger partial charge in [-0.15, -0.1) is 0 Å². The molecule has 0 fully saturated rings. The van der Waals surface area contributed by atoms with Crippen LogP contribution in [0.1, 0.15) is 13.8 Å². The number of carbonyl (C=O) groups is 2. The molecular formula is C11H21NO5S. The van der Waals surface area contributed by atoms with Crippen molar-refractivity contribution in [3.63, 3.8) is 0 Å². The molecule has 0 saturated heterocycles. The molecule has 7 heteroatoms. The van der Waals surface area contributed by atoms with Gasteiger partial charge >= 0.3 is 5.97 Å². The number of esters is 1. The molecule has 0 rings (SSSR count). The lowest BCUT2D eigenvalue weighted by Crippen LogP contribution is -2.39. The van der Waals surface area contributed by atoms with E-state index >= 15 is 0 Å². The average Bonchev–Trinajstić information content (AvgIpc) is 2.36. The van der Waals surface area contributed by atoms with Crippen LogP contribution in [0.25, 0.3) is 0 Å². The summed E-state index contributed by atoms with van der Waals surface area (Å²) in [5.41, 5.74) is 0. The number of hydrogen-bond donors (Lipinski definition) is 1. The van der Waals surface area contributed by atoms with Crippen molar-refractivity contribution in [3.8, 4) is 0 Å². The van der Waals surface area contributed by atoms with Crippen molar-refractivity contribution in [2.45, 2.75) is 19.1 Å². The molecule has 0 aliphatic heterocycles. The lowest BCUT2D eigenvalue weighted by molar-refractivity contribution is -0.144. The Morgan fingerprint density at radius 1 is 1.28 bits per heavy atom. The van der Waals surface area contributed by atoms with E-state index in [9.17, 15) is 13.8 Å². The van der Waals surface area contributed by atoms with Gasteiger partial charge in [-0.2, -0.15) is 0 Å². The monoisotopic (exact) mass is 279 g/mol. The molecule has 3 atom stereocenters. The molecule has 0 spiro atoms. The number of ether oxygens (including phenoxy) is 2. The van der Waals surface area contributed by atoms with Gasteiger partial charge in [0, 0.05) is 30.2 Å². The van der Waals surface area contributed by atoms with Gasteiger partial charge in [0.25, 0.3) is 0 Å². The normalized spacial score (nSPS) is 15.6. The van der Waals surface area contributed by atoms with Crippen LogP contribution in [-0.2, 0) is 29.9 Å². The van der Waals surface area contributed by atoms with E-state index in [1.807, 2.05) is 0 Å². The number of amides is 1. The minimum absolute atomic E-state index is 0.117. The molecule has 0 radical (unpaired) electrons. The zero-order valence-electron chi connectivity index (χ0n) is 11.2. The van der Waals surface area contributed by atoms with Gasteiger partial charge in [-0.05, 0) is 6.92 Å². The highest BCUT2D eigenvalue weighted by atomic mass is 32.2. The first-order valence-corrected chi connectivity index (χ1v) is 7.03. The fourth-order valence-corrected chi connectivity index (χ4v) is 2.44. The fraction of sp³-hybridized carbons (Fsp3) is 0.818. The van der Waals surface area contributed by atoms with Crippen LogP contribution in [0, 0.1) is 5.92 Å². The molecule has 0 aliphatic rings. The second-order valence-corrected chi connectivity index (χ2v) is 5.70. The lowest BCUT2D eigenvalue weighted by atomic mass is 10.2. The van der Waals surface area contributed by atoms with Crippen molar-refractivity contribution in [2.24, 2.45) is 5.92 Å². The number of carbonyl (C=O) groups excluding carboxylic acids is 2. The molecule has 0 aromatic heterocycles. The summed E-state index contributed by atoms with van der Waals surface area (Å²) in [7, 11) is 1.41. The van der Waals surface area contributed by atoms with Gasteiger partial charge in [0.05, 0.1) is 19.6 Å². The Balaban J connectivity index is 4.16. The van der Waals surface area contributed by atoms with Crippen molar-refractivity contribution >= 4 is 22.7 Å². The summed E-state index contributed by atoms with van der Waals surface area (Å²) in [6.45, 7) is 3.98. The summed E-state index contributed by atoms with van der Waals surface area (Å²) in [6, 6.07) is 0. The van der Waals surface area contributed by atoms with Crippen LogP contribution in [0.5, 0.6) is 0 Å². The second kappa shape index (κ2) is 9.04. The van der Waals surface area contributed by atoms with Crippen molar-refractivity contribution in [2.75, 3.05) is 33.1 Å². The molecule has 3 unspecified atom stereocenters. The summed E-state index contributed by atoms with van der Waals surface area (Å²) < 4.78 is 21.2. The van der Waals surface area contributed by atoms with E-state index in [0.29, 0.717) is 13.2 Å². The molecule has 0 aromatic rings. The Morgan fingerprint density at radius 3 is 2.39 bits per heavy atom. The molecule has 106 valence electrons. The van der Waals surface area contributed by atoms with Crippen LogP contribution in [0.15, 0.2) is 0 Å². The Kier molecular flexibility index (Phi) is 8.57. The Morgan fingerprint density at radius 2 is 1.89 bits per heavy atom. The van der Waals surface area contributed by atoms with E-state index in [2.05, 4.69) is 10.1 Å². The van der Waals surface area contributed by atoms with Gasteiger partial charge in [0.2, 0.25) is 5.91 Å². The van der Waals surface area contributed by atoms with Crippen LogP contribution in [0.4, 0.5) is 0 Å². The van der Waals surface area contributed by atoms with Gasteiger partial charge in [-0.25, -0.2) is 0 Å². The van der Waals surface area contributed by atoms with Crippen molar-refractivity contribution in [1.82, 2.24) is 5.32 Å². The topological polar surface area (TPSA) is 81.7 Å². The molecule has 0 aromatic carbocycles. The Bertz CT molecular complexity index is 308. The van der Waals surface area contributed by atoms with Crippen LogP contribution in [0.3, 0.4) is 0 Å². The Hall–Kier alpha value is -0.950. The zero-order chi connectivity index (χ0) is 14.1. The first-order chi connectivity index (χ1) is 8.43. The van der Waals surface area contributed by atoms with Crippen molar-refractivity contribution < 1.29 is 23.3 Å². The molecule has 1 N–H and O–H groups in total. The maximum absolute atomic E-state index is 11.9. The van der Waals surface area contributed by atoms with Crippen LogP contribution < -0.4 is 5.32 Å². The lowest BCUT2D eigenvalue weighted by Gasteiger charge is -2.14. The van der Waals surface area contributed by atoms with Crippen molar-refractivity contribution in [1.29, 1.82) is 0 Å². The smallest absolute Gasteiger partial charge is 0.309 e. The molecule has 1 amide bonds. The van der Waals surface area contributed by atoms with E-state index in [0.717, 1.165) is 0 Å². The van der Waals surface area contributed by atoms with Gasteiger partial charge in [-0.1, -0.05) is 6.92 Å². The van der Waals surface area contributed by atoms with Crippen LogP contribution in [-0.4, -0.2) is 54.5 Å². The van der Waals surface area contributed by atoms with Gasteiger partial charge in [0.15, 0.2) is 0 Å². The van der Waals surface area contributed by atoms with Crippen LogP contribution in [0.2, 0.25) is 0 Å². The summed E-state index contributed by atoms with van der Waals surface area (Å²) in [4.78, 5) is 22.8. The highest BCUT2D eigenvalue weighted by Crippen LogP contribution is 2.05. The number of rotatable bonds is 8. The first-order valence-electron chi connectivity index (χ1n) is 5.65. The van der Waals surface area contributed by atoms with E-state index in [1.165, 1.54) is 14.2 Å². The standard InChI is InChI=1S/C11H21NO5S/c1-8(11(14)17-4)7-18(15)9(2)10(13)12-5-6-16-3/h8-9H,5-7H2,1-4H3,(H,12,13). The minimum atomic E-state index is -1.41. The maximum Gasteiger partial charge on any atom is 0.309 e. The van der Waals surface area contributed by atoms with E-state index < -0.39 is 27.9 Å². The van der Waals surface area contributed by atoms with E-state index in [-0.39, 0.29) is 11.7 Å². The third-order valence-corrected chi connectivity index (χ3v) is 4.22. The fourth-order valence-electron chi connectivity index (χ4n) is 1.20. The van der Waals surface area contributed by atoms with Crippen molar-refractivity contribution in [3.05, 3.63) is 0 Å². The predicted molar refractivity (Wildman–Crippen MR) is 68.5 cm³/mol. The third kappa shape index (κ3) is 6.11. The Labute approximate surface area is 110 Å². The highest BCUT2D eigenvalue weighted by molar-refractivity contribution is 7.86. The highest BCUT2D eigenvalue weighted by Gasteiger charge is 2.24. The quantitative estimate of drug-likeness (QED) is 0.487. The number of hydrogen-bond acceptors (Lipinski definition) is 5. The summed E-state index contributed by atoms with van der Waals surface area (Å²) in [5, 5.41) is 1.95. The molecule has 0 saturated carbocycles. The molecule has 0 bridgehead atoms. The number of methoxy groups -OCH3 is 2.